The van der Waals surface area contributed by atoms with Crippen LogP contribution in [0.3, 0.4) is 0 Å². The van der Waals surface area contributed by atoms with Crippen LogP contribution in [0.1, 0.15) is 43.9 Å². The Hall–Kier alpha value is -2.61. The molecule has 0 spiro atoms. The van der Waals surface area contributed by atoms with Gasteiger partial charge < -0.3 is 5.32 Å². The van der Waals surface area contributed by atoms with Gasteiger partial charge in [0.1, 0.15) is 5.39 Å². The maximum Gasteiger partial charge on any atom is 0.265 e. The number of hydrogen-bond acceptors (Lipinski definition) is 5. The highest BCUT2D eigenvalue weighted by Gasteiger charge is 2.29. The van der Waals surface area contributed by atoms with E-state index in [0.717, 1.165) is 17.7 Å². The van der Waals surface area contributed by atoms with Crippen LogP contribution in [0.5, 0.6) is 0 Å². The molecule has 3 heterocycles. The van der Waals surface area contributed by atoms with Gasteiger partial charge in [0.25, 0.3) is 5.56 Å². The lowest BCUT2D eigenvalue weighted by atomic mass is 10.1. The van der Waals surface area contributed by atoms with E-state index < -0.39 is 0 Å². The molecule has 8 heteroatoms. The monoisotopic (exact) mass is 411 g/mol. The Morgan fingerprint density at radius 2 is 2.14 bits per heavy atom. The number of fused-ring (bicyclic) bond motifs is 2. The lowest BCUT2D eigenvalue weighted by Gasteiger charge is -2.16. The summed E-state index contributed by atoms with van der Waals surface area (Å²) >= 11 is 1.52. The summed E-state index contributed by atoms with van der Waals surface area (Å²) in [6.45, 7) is 8.12. The Morgan fingerprint density at radius 3 is 2.86 bits per heavy atom. The number of nitrogens with zero attached hydrogens (tertiary/aromatic N) is 4. The van der Waals surface area contributed by atoms with Gasteiger partial charge in [-0.1, -0.05) is 24.8 Å². The Labute approximate surface area is 173 Å². The van der Waals surface area contributed by atoms with E-state index in [4.69, 9.17) is 4.98 Å². The van der Waals surface area contributed by atoms with Crippen LogP contribution in [-0.2, 0) is 4.79 Å². The molecule has 1 amide bonds. The van der Waals surface area contributed by atoms with Crippen molar-refractivity contribution in [2.24, 2.45) is 0 Å². The minimum absolute atomic E-state index is 0.0318. The van der Waals surface area contributed by atoms with E-state index in [1.165, 1.54) is 17.3 Å². The highest BCUT2D eigenvalue weighted by molar-refractivity contribution is 7.99. The maximum atomic E-state index is 13.2. The molecule has 29 heavy (non-hydrogen) atoms. The van der Waals surface area contributed by atoms with Gasteiger partial charge in [0.2, 0.25) is 5.91 Å². The van der Waals surface area contributed by atoms with Crippen LogP contribution in [0.15, 0.2) is 34.3 Å². The number of hydrogen-bond donors (Lipinski definition) is 1. The normalized spacial score (nSPS) is 16.8. The van der Waals surface area contributed by atoms with Crippen molar-refractivity contribution in [1.29, 1.82) is 0 Å². The zero-order chi connectivity index (χ0) is 20.7. The number of nitrogens with one attached hydrogen (secondary N) is 1. The molecule has 0 saturated carbocycles. The predicted octanol–water partition coefficient (Wildman–Crippen LogP) is 3.15. The lowest BCUT2D eigenvalue weighted by molar-refractivity contribution is -0.122. The summed E-state index contributed by atoms with van der Waals surface area (Å²) in [6.07, 6.45) is 2.73. The summed E-state index contributed by atoms with van der Waals surface area (Å²) in [4.78, 5) is 30.2. The first-order valence-electron chi connectivity index (χ1n) is 9.89. The van der Waals surface area contributed by atoms with Gasteiger partial charge in [-0.05, 0) is 50.5 Å². The molecule has 2 aromatic heterocycles. The number of amides is 1. The fourth-order valence-electron chi connectivity index (χ4n) is 3.48. The molecule has 4 rings (SSSR count). The lowest BCUT2D eigenvalue weighted by Crippen LogP contribution is -2.35. The highest BCUT2D eigenvalue weighted by atomic mass is 32.2. The van der Waals surface area contributed by atoms with Crippen molar-refractivity contribution < 1.29 is 4.79 Å². The van der Waals surface area contributed by atoms with Gasteiger partial charge in [0, 0.05) is 18.2 Å². The fourth-order valence-corrected chi connectivity index (χ4v) is 4.61. The molecule has 1 aromatic carbocycles. The van der Waals surface area contributed by atoms with Gasteiger partial charge in [0.15, 0.2) is 10.8 Å². The average Bonchev–Trinajstić information content (AvgIpc) is 3.29. The minimum Gasteiger partial charge on any atom is -0.354 e. The fraction of sp³-hybridized carbons (Fsp3) is 0.429. The predicted molar refractivity (Wildman–Crippen MR) is 115 cm³/mol. The molecular formula is C21H25N5O2S. The molecule has 0 saturated heterocycles. The molecule has 3 aromatic rings. The molecule has 1 aliphatic rings. The maximum absolute atomic E-state index is 13.2. The zero-order valence-corrected chi connectivity index (χ0v) is 17.9. The van der Waals surface area contributed by atoms with Gasteiger partial charge in [0.05, 0.1) is 17.9 Å². The van der Waals surface area contributed by atoms with Gasteiger partial charge in [-0.25, -0.2) is 9.67 Å². The first-order chi connectivity index (χ1) is 13.9. The molecule has 0 radical (unpaired) electrons. The van der Waals surface area contributed by atoms with E-state index in [2.05, 4.69) is 24.3 Å². The van der Waals surface area contributed by atoms with Crippen LogP contribution in [0, 0.1) is 13.8 Å². The summed E-state index contributed by atoms with van der Waals surface area (Å²) in [5.41, 5.74) is 3.67. The van der Waals surface area contributed by atoms with Crippen LogP contribution in [0.2, 0.25) is 0 Å². The number of carbonyl (C=O) groups is 1. The van der Waals surface area contributed by atoms with E-state index >= 15 is 0 Å². The second-order valence-electron chi connectivity index (χ2n) is 7.68. The van der Waals surface area contributed by atoms with Crippen molar-refractivity contribution in [3.63, 3.8) is 0 Å². The SMILES string of the molecule is CCC(C)NC(=O)CC1CSc2nc3c(cnn3-c3ccc(C)c(C)c3)c(=O)n21. The highest BCUT2D eigenvalue weighted by Crippen LogP contribution is 2.33. The number of aromatic nitrogens is 4. The summed E-state index contributed by atoms with van der Waals surface area (Å²) < 4.78 is 3.38. The summed E-state index contributed by atoms with van der Waals surface area (Å²) in [7, 11) is 0. The third kappa shape index (κ3) is 3.57. The number of thioether (sulfide) groups is 1. The first-order valence-corrected chi connectivity index (χ1v) is 10.9. The second kappa shape index (κ2) is 7.67. The second-order valence-corrected chi connectivity index (χ2v) is 8.66. The van der Waals surface area contributed by atoms with Crippen molar-refractivity contribution in [3.05, 3.63) is 45.9 Å². The van der Waals surface area contributed by atoms with E-state index in [1.807, 2.05) is 32.0 Å². The van der Waals surface area contributed by atoms with Gasteiger partial charge in [-0.2, -0.15) is 5.10 Å². The molecule has 1 N–H and O–H groups in total. The molecule has 152 valence electrons. The number of rotatable bonds is 5. The summed E-state index contributed by atoms with van der Waals surface area (Å²) in [6, 6.07) is 6.01. The number of aryl methyl sites for hydroxylation is 2. The number of carbonyl (C=O) groups excluding carboxylic acids is 1. The Kier molecular flexibility index (Phi) is 5.21. The van der Waals surface area contributed by atoms with Gasteiger partial charge >= 0.3 is 0 Å². The van der Waals surface area contributed by atoms with E-state index in [0.29, 0.717) is 21.9 Å². The van der Waals surface area contributed by atoms with Crippen LogP contribution in [-0.4, -0.2) is 37.0 Å². The first kappa shape index (κ1) is 19.7. The van der Waals surface area contributed by atoms with Crippen LogP contribution >= 0.6 is 11.8 Å². The van der Waals surface area contributed by atoms with Crippen molar-refractivity contribution in [2.75, 3.05) is 5.75 Å². The molecule has 0 fully saturated rings. The van der Waals surface area contributed by atoms with E-state index in [9.17, 15) is 9.59 Å². The van der Waals surface area contributed by atoms with E-state index in [1.54, 1.807) is 15.4 Å². The van der Waals surface area contributed by atoms with Crippen LogP contribution in [0.4, 0.5) is 0 Å². The van der Waals surface area contributed by atoms with Crippen molar-refractivity contribution in [3.8, 4) is 5.69 Å². The minimum atomic E-state index is -0.187. The number of benzene rings is 1. The molecule has 0 bridgehead atoms. The van der Waals surface area contributed by atoms with Gasteiger partial charge in [-0.3, -0.25) is 14.2 Å². The third-order valence-corrected chi connectivity index (χ3v) is 6.64. The molecule has 2 atom stereocenters. The zero-order valence-electron chi connectivity index (χ0n) is 17.1. The quantitative estimate of drug-likeness (QED) is 0.652. The molecule has 1 aliphatic heterocycles. The molecule has 2 unspecified atom stereocenters. The Bertz CT molecular complexity index is 1150. The molecule has 7 nitrogen and oxygen atoms in total. The van der Waals surface area contributed by atoms with Crippen LogP contribution in [0.25, 0.3) is 16.7 Å². The van der Waals surface area contributed by atoms with Crippen molar-refractivity contribution >= 4 is 28.7 Å². The van der Waals surface area contributed by atoms with Crippen molar-refractivity contribution in [2.45, 2.75) is 57.8 Å². The topological polar surface area (TPSA) is 81.8 Å². The van der Waals surface area contributed by atoms with Crippen LogP contribution < -0.4 is 10.9 Å². The molecule has 0 aliphatic carbocycles. The third-order valence-electron chi connectivity index (χ3n) is 5.55. The van der Waals surface area contributed by atoms with Crippen molar-refractivity contribution in [1.82, 2.24) is 24.6 Å². The summed E-state index contributed by atoms with van der Waals surface area (Å²) in [5, 5.41) is 8.53. The largest absolute Gasteiger partial charge is 0.354 e. The Morgan fingerprint density at radius 1 is 1.34 bits per heavy atom. The molecular weight excluding hydrogens is 386 g/mol. The smallest absolute Gasteiger partial charge is 0.265 e. The average molecular weight is 412 g/mol. The summed E-state index contributed by atoms with van der Waals surface area (Å²) in [5.74, 6) is 0.635. The van der Waals surface area contributed by atoms with Gasteiger partial charge in [-0.15, -0.1) is 0 Å². The van der Waals surface area contributed by atoms with E-state index in [-0.39, 0.29) is 30.0 Å². The Balaban J connectivity index is 1.71. The standard InChI is InChI=1S/C21H25N5O2S/c1-5-14(4)23-18(27)9-16-11-29-21-24-19-17(20(28)25(16)21)10-22-26(19)15-7-6-12(2)13(3)8-15/h6-8,10,14,16H,5,9,11H2,1-4H3,(H,23,27).